The smallest absolute Gasteiger partial charge is 0.133 e. The highest BCUT2D eigenvalue weighted by Crippen LogP contribution is 2.21. The lowest BCUT2D eigenvalue weighted by Crippen LogP contribution is -2.43. The molecule has 0 bridgehead atoms. The molecule has 0 atom stereocenters. The SMILES string of the molecule is Cc1ccc(Nc2cc(C)cc(N3CCNCC3)n2)cc1. The summed E-state index contributed by atoms with van der Waals surface area (Å²) in [5.41, 5.74) is 3.57. The Hall–Kier alpha value is -2.07. The van der Waals surface area contributed by atoms with Crippen LogP contribution in [0.15, 0.2) is 36.4 Å². The molecule has 0 radical (unpaired) electrons. The Bertz CT molecular complexity index is 601. The van der Waals surface area contributed by atoms with E-state index >= 15 is 0 Å². The van der Waals surface area contributed by atoms with E-state index in [0.29, 0.717) is 0 Å². The Morgan fingerprint density at radius 3 is 2.43 bits per heavy atom. The summed E-state index contributed by atoms with van der Waals surface area (Å²) in [7, 11) is 0. The lowest BCUT2D eigenvalue weighted by Gasteiger charge is -2.29. The van der Waals surface area contributed by atoms with Gasteiger partial charge >= 0.3 is 0 Å². The van der Waals surface area contributed by atoms with Crippen LogP contribution in [0.3, 0.4) is 0 Å². The minimum absolute atomic E-state index is 0.910. The van der Waals surface area contributed by atoms with Gasteiger partial charge in [-0.25, -0.2) is 4.98 Å². The first-order valence-corrected chi connectivity index (χ1v) is 7.49. The molecular weight excluding hydrogens is 260 g/mol. The molecule has 3 rings (SSSR count). The molecule has 0 saturated carbocycles. The van der Waals surface area contributed by atoms with Gasteiger partial charge in [-0.15, -0.1) is 0 Å². The first kappa shape index (κ1) is 13.9. The van der Waals surface area contributed by atoms with Crippen molar-refractivity contribution in [2.75, 3.05) is 36.4 Å². The van der Waals surface area contributed by atoms with Crippen molar-refractivity contribution in [3.8, 4) is 0 Å². The standard InChI is InChI=1S/C17H22N4/c1-13-3-5-15(6-4-13)19-16-11-14(2)12-17(20-16)21-9-7-18-8-10-21/h3-6,11-12,18H,7-10H2,1-2H3,(H,19,20). The second-order valence-corrected chi connectivity index (χ2v) is 5.62. The topological polar surface area (TPSA) is 40.2 Å². The minimum atomic E-state index is 0.910. The quantitative estimate of drug-likeness (QED) is 0.908. The van der Waals surface area contributed by atoms with Crippen LogP contribution in [0.1, 0.15) is 11.1 Å². The summed E-state index contributed by atoms with van der Waals surface area (Å²) in [6, 6.07) is 12.6. The third kappa shape index (κ3) is 3.52. The van der Waals surface area contributed by atoms with E-state index in [2.05, 4.69) is 65.8 Å². The van der Waals surface area contributed by atoms with Gasteiger partial charge in [0, 0.05) is 31.9 Å². The lowest BCUT2D eigenvalue weighted by atomic mass is 10.2. The number of hydrogen-bond acceptors (Lipinski definition) is 4. The molecule has 1 aliphatic heterocycles. The van der Waals surface area contributed by atoms with Gasteiger partial charge in [-0.05, 0) is 43.7 Å². The molecule has 2 heterocycles. The van der Waals surface area contributed by atoms with Crippen LogP contribution in [-0.4, -0.2) is 31.2 Å². The van der Waals surface area contributed by atoms with Gasteiger partial charge in [0.1, 0.15) is 11.6 Å². The Labute approximate surface area is 126 Å². The predicted octanol–water partition coefficient (Wildman–Crippen LogP) is 2.85. The van der Waals surface area contributed by atoms with Crippen LogP contribution in [-0.2, 0) is 0 Å². The molecule has 0 spiro atoms. The molecule has 1 aromatic carbocycles. The minimum Gasteiger partial charge on any atom is -0.354 e. The highest BCUT2D eigenvalue weighted by molar-refractivity contribution is 5.60. The van der Waals surface area contributed by atoms with Crippen molar-refractivity contribution >= 4 is 17.3 Å². The van der Waals surface area contributed by atoms with E-state index in [1.165, 1.54) is 11.1 Å². The molecule has 0 unspecified atom stereocenters. The summed E-state index contributed by atoms with van der Waals surface area (Å²) >= 11 is 0. The van der Waals surface area contributed by atoms with Crippen molar-refractivity contribution < 1.29 is 0 Å². The molecule has 1 aliphatic rings. The maximum absolute atomic E-state index is 4.76. The average molecular weight is 282 g/mol. The second kappa shape index (κ2) is 6.14. The lowest BCUT2D eigenvalue weighted by molar-refractivity contribution is 0.585. The molecule has 1 fully saturated rings. The molecule has 2 N–H and O–H groups in total. The number of nitrogens with zero attached hydrogens (tertiary/aromatic N) is 2. The van der Waals surface area contributed by atoms with Crippen molar-refractivity contribution in [2.24, 2.45) is 0 Å². The highest BCUT2D eigenvalue weighted by Gasteiger charge is 2.12. The first-order valence-electron chi connectivity index (χ1n) is 7.49. The number of hydrogen-bond donors (Lipinski definition) is 2. The van der Waals surface area contributed by atoms with E-state index in [4.69, 9.17) is 4.98 Å². The molecule has 1 saturated heterocycles. The Kier molecular flexibility index (Phi) is 4.06. The fourth-order valence-electron chi connectivity index (χ4n) is 2.55. The molecule has 21 heavy (non-hydrogen) atoms. The summed E-state index contributed by atoms with van der Waals surface area (Å²) < 4.78 is 0. The molecule has 2 aromatic rings. The van der Waals surface area contributed by atoms with Crippen LogP contribution in [0.2, 0.25) is 0 Å². The summed E-state index contributed by atoms with van der Waals surface area (Å²) in [5, 5.41) is 6.77. The molecule has 0 aliphatic carbocycles. The van der Waals surface area contributed by atoms with Crippen LogP contribution >= 0.6 is 0 Å². The van der Waals surface area contributed by atoms with Gasteiger partial charge in [0.15, 0.2) is 0 Å². The van der Waals surface area contributed by atoms with Crippen LogP contribution in [0.25, 0.3) is 0 Å². The molecule has 110 valence electrons. The van der Waals surface area contributed by atoms with E-state index in [1.807, 2.05) is 0 Å². The van der Waals surface area contributed by atoms with E-state index < -0.39 is 0 Å². The monoisotopic (exact) mass is 282 g/mol. The highest BCUT2D eigenvalue weighted by atomic mass is 15.2. The van der Waals surface area contributed by atoms with Crippen LogP contribution in [0, 0.1) is 13.8 Å². The van der Waals surface area contributed by atoms with E-state index in [9.17, 15) is 0 Å². The van der Waals surface area contributed by atoms with E-state index in [-0.39, 0.29) is 0 Å². The summed E-state index contributed by atoms with van der Waals surface area (Å²) in [6.07, 6.45) is 0. The summed E-state index contributed by atoms with van der Waals surface area (Å²) in [5.74, 6) is 1.97. The van der Waals surface area contributed by atoms with Crippen molar-refractivity contribution in [3.63, 3.8) is 0 Å². The largest absolute Gasteiger partial charge is 0.354 e. The third-order valence-corrected chi connectivity index (χ3v) is 3.72. The van der Waals surface area contributed by atoms with Crippen LogP contribution < -0.4 is 15.5 Å². The zero-order valence-corrected chi connectivity index (χ0v) is 12.7. The van der Waals surface area contributed by atoms with Crippen molar-refractivity contribution in [3.05, 3.63) is 47.5 Å². The molecule has 1 aromatic heterocycles. The third-order valence-electron chi connectivity index (χ3n) is 3.72. The fourth-order valence-corrected chi connectivity index (χ4v) is 2.55. The number of rotatable bonds is 3. The number of piperazine rings is 1. The van der Waals surface area contributed by atoms with Crippen molar-refractivity contribution in [1.29, 1.82) is 0 Å². The zero-order valence-electron chi connectivity index (χ0n) is 12.7. The summed E-state index contributed by atoms with van der Waals surface area (Å²) in [4.78, 5) is 7.10. The second-order valence-electron chi connectivity index (χ2n) is 5.62. The maximum atomic E-state index is 4.76. The number of nitrogens with one attached hydrogen (secondary N) is 2. The van der Waals surface area contributed by atoms with Gasteiger partial charge in [0.05, 0.1) is 0 Å². The maximum Gasteiger partial charge on any atom is 0.133 e. The Morgan fingerprint density at radius 2 is 1.71 bits per heavy atom. The van der Waals surface area contributed by atoms with Gasteiger partial charge < -0.3 is 15.5 Å². The van der Waals surface area contributed by atoms with Gasteiger partial charge in [0.2, 0.25) is 0 Å². The Balaban J connectivity index is 1.81. The Morgan fingerprint density at radius 1 is 1.00 bits per heavy atom. The van der Waals surface area contributed by atoms with Gasteiger partial charge in [0.25, 0.3) is 0 Å². The number of anilines is 3. The first-order chi connectivity index (χ1) is 10.2. The van der Waals surface area contributed by atoms with Gasteiger partial charge in [-0.3, -0.25) is 0 Å². The zero-order chi connectivity index (χ0) is 14.7. The van der Waals surface area contributed by atoms with E-state index in [1.54, 1.807) is 0 Å². The van der Waals surface area contributed by atoms with E-state index in [0.717, 1.165) is 43.5 Å². The van der Waals surface area contributed by atoms with Crippen molar-refractivity contribution in [2.45, 2.75) is 13.8 Å². The number of pyridine rings is 1. The molecule has 0 amide bonds. The van der Waals surface area contributed by atoms with Crippen LogP contribution in [0.4, 0.5) is 17.3 Å². The molecule has 4 heteroatoms. The summed E-state index contributed by atoms with van der Waals surface area (Å²) in [6.45, 7) is 8.29. The predicted molar refractivity (Wildman–Crippen MR) is 88.5 cm³/mol. The number of benzene rings is 1. The molecule has 4 nitrogen and oxygen atoms in total. The van der Waals surface area contributed by atoms with Crippen molar-refractivity contribution in [1.82, 2.24) is 10.3 Å². The van der Waals surface area contributed by atoms with Crippen LogP contribution in [0.5, 0.6) is 0 Å². The molecular formula is C17H22N4. The fraction of sp³-hybridized carbons (Fsp3) is 0.353. The number of aryl methyl sites for hydroxylation is 2. The normalized spacial score (nSPS) is 15.0. The van der Waals surface area contributed by atoms with Gasteiger partial charge in [-0.1, -0.05) is 17.7 Å². The van der Waals surface area contributed by atoms with Gasteiger partial charge in [-0.2, -0.15) is 0 Å². The number of aromatic nitrogens is 1. The average Bonchev–Trinajstić information content (AvgIpc) is 2.50.